The molecule has 4 fully saturated rings. The number of rotatable bonds is 2. The summed E-state index contributed by atoms with van der Waals surface area (Å²) in [6, 6.07) is 6.85. The topological polar surface area (TPSA) is 87.1 Å². The lowest BCUT2D eigenvalue weighted by Gasteiger charge is -2.66. The van der Waals surface area contributed by atoms with Gasteiger partial charge in [0.2, 0.25) is 5.60 Å². The van der Waals surface area contributed by atoms with Gasteiger partial charge in [0.25, 0.3) is 0 Å². The lowest BCUT2D eigenvalue weighted by molar-refractivity contribution is -0.259. The summed E-state index contributed by atoms with van der Waals surface area (Å²) in [5.74, 6) is -3.12. The second kappa shape index (κ2) is 7.42. The zero-order chi connectivity index (χ0) is 26.8. The van der Waals surface area contributed by atoms with Crippen molar-refractivity contribution in [2.75, 3.05) is 11.6 Å². The van der Waals surface area contributed by atoms with E-state index in [0.717, 1.165) is 6.08 Å². The summed E-state index contributed by atoms with van der Waals surface area (Å²) in [6.07, 6.45) is 0.441. The van der Waals surface area contributed by atoms with Gasteiger partial charge in [-0.05, 0) is 73.6 Å². The van der Waals surface area contributed by atoms with Crippen molar-refractivity contribution in [3.8, 4) is 0 Å². The van der Waals surface area contributed by atoms with Crippen LogP contribution in [0.2, 0.25) is 5.02 Å². The van der Waals surface area contributed by atoms with Crippen LogP contribution in [0, 0.1) is 28.1 Å². The number of fused-ring (bicyclic) bond motifs is 7. The maximum Gasteiger partial charge on any atom is 0.339 e. The van der Waals surface area contributed by atoms with Gasteiger partial charge in [-0.2, -0.15) is 0 Å². The maximum atomic E-state index is 17.5. The smallest absolute Gasteiger partial charge is 0.339 e. The molecule has 0 spiro atoms. The molecule has 3 saturated carbocycles. The summed E-state index contributed by atoms with van der Waals surface area (Å²) in [4.78, 5) is 31.5. The quantitative estimate of drug-likeness (QED) is 0.565. The summed E-state index contributed by atoms with van der Waals surface area (Å²) < 4.78 is 33.3. The summed E-state index contributed by atoms with van der Waals surface area (Å²) in [5, 5.41) is 24.3. The van der Waals surface area contributed by atoms with E-state index in [1.165, 1.54) is 19.1 Å². The molecule has 1 aromatic rings. The molecule has 5 aliphatic rings. The average molecular weight is 534 g/mol. The molecule has 1 aromatic carbocycles. The Bertz CT molecular complexity index is 1270. The predicted molar refractivity (Wildman–Crippen MR) is 132 cm³/mol. The molecule has 0 unspecified atom stereocenters. The van der Waals surface area contributed by atoms with Gasteiger partial charge in [0, 0.05) is 27.7 Å². The number of ketones is 1. The Hall–Kier alpha value is -2.29. The molecule has 6 nitrogen and oxygen atoms in total. The standard InChI is InChI=1S/C28H30ClF2NO5/c1-24-9-8-18(33)10-19(24)20(30)11-21-25(2)12-15-14-32(17-6-4-16(29)5-7-17)37-28(15,23(35)36)26(25,3)13-22(34)27(21,24)31/h4-10,15,20-22,34H,11-14H2,1-3H3,(H,35,36)/t15-,20-,21-,22-,24-,25-,26-,27-,28-/m0/s1. The Balaban J connectivity index is 1.47. The third kappa shape index (κ3) is 2.72. The van der Waals surface area contributed by atoms with E-state index < -0.39 is 63.4 Å². The number of hydrogen-bond acceptors (Lipinski definition) is 5. The first kappa shape index (κ1) is 25.0. The molecule has 0 radical (unpaired) electrons. The minimum atomic E-state index is -2.29. The molecule has 9 atom stereocenters. The van der Waals surface area contributed by atoms with E-state index in [4.69, 9.17) is 16.4 Å². The monoisotopic (exact) mass is 533 g/mol. The minimum Gasteiger partial charge on any atom is -0.479 e. The third-order valence-corrected chi connectivity index (χ3v) is 11.1. The van der Waals surface area contributed by atoms with Gasteiger partial charge in [-0.3, -0.25) is 14.7 Å². The zero-order valence-corrected chi connectivity index (χ0v) is 21.6. The number of aliphatic hydroxyl groups is 1. The number of benzene rings is 1. The lowest BCUT2D eigenvalue weighted by Crippen LogP contribution is -2.73. The molecule has 1 aliphatic heterocycles. The fraction of sp³-hybridized carbons (Fsp3) is 0.571. The molecule has 1 saturated heterocycles. The van der Waals surface area contributed by atoms with Crippen LogP contribution in [-0.2, 0) is 14.4 Å². The first-order valence-electron chi connectivity index (χ1n) is 12.7. The molecule has 0 amide bonds. The summed E-state index contributed by atoms with van der Waals surface area (Å²) in [6.45, 7) is 5.37. The lowest BCUT2D eigenvalue weighted by atomic mass is 9.40. The van der Waals surface area contributed by atoms with Crippen LogP contribution in [0.3, 0.4) is 0 Å². The Morgan fingerprint density at radius 1 is 1.19 bits per heavy atom. The van der Waals surface area contributed by atoms with Crippen LogP contribution in [0.5, 0.6) is 0 Å². The highest BCUT2D eigenvalue weighted by Gasteiger charge is 2.84. The van der Waals surface area contributed by atoms with Gasteiger partial charge in [-0.1, -0.05) is 31.5 Å². The Morgan fingerprint density at radius 3 is 2.51 bits per heavy atom. The number of carbonyl (C=O) groups excluding carboxylic acids is 1. The number of hydroxylamine groups is 1. The van der Waals surface area contributed by atoms with E-state index in [1.807, 2.05) is 6.92 Å². The van der Waals surface area contributed by atoms with Crippen LogP contribution in [0.15, 0.2) is 48.1 Å². The van der Waals surface area contributed by atoms with Gasteiger partial charge < -0.3 is 10.2 Å². The number of anilines is 1. The fourth-order valence-corrected chi connectivity index (χ4v) is 8.95. The molecule has 1 heterocycles. The van der Waals surface area contributed by atoms with Crippen molar-refractivity contribution in [3.05, 3.63) is 53.1 Å². The van der Waals surface area contributed by atoms with Crippen molar-refractivity contribution in [3.63, 3.8) is 0 Å². The van der Waals surface area contributed by atoms with Crippen LogP contribution < -0.4 is 5.06 Å². The maximum absolute atomic E-state index is 17.5. The van der Waals surface area contributed by atoms with E-state index in [-0.39, 0.29) is 31.4 Å². The molecule has 9 heteroatoms. The number of alkyl halides is 2. The molecule has 198 valence electrons. The molecule has 37 heavy (non-hydrogen) atoms. The highest BCUT2D eigenvalue weighted by Crippen LogP contribution is 2.77. The molecule has 0 bridgehead atoms. The number of hydrogen-bond donors (Lipinski definition) is 2. The van der Waals surface area contributed by atoms with Crippen molar-refractivity contribution >= 4 is 29.0 Å². The second-order valence-corrected chi connectivity index (χ2v) is 12.5. The van der Waals surface area contributed by atoms with Crippen molar-refractivity contribution in [1.82, 2.24) is 0 Å². The Kier molecular flexibility index (Phi) is 5.02. The van der Waals surface area contributed by atoms with Gasteiger partial charge in [0.15, 0.2) is 11.5 Å². The first-order chi connectivity index (χ1) is 17.2. The third-order valence-electron chi connectivity index (χ3n) is 10.8. The Labute approximate surface area is 218 Å². The molecular weight excluding hydrogens is 504 g/mol. The number of allylic oxidation sites excluding steroid dienone is 4. The van der Waals surface area contributed by atoms with Crippen LogP contribution in [-0.4, -0.2) is 52.1 Å². The predicted octanol–water partition coefficient (Wildman–Crippen LogP) is 4.85. The van der Waals surface area contributed by atoms with E-state index in [2.05, 4.69) is 0 Å². The van der Waals surface area contributed by atoms with Crippen LogP contribution in [0.4, 0.5) is 14.5 Å². The SMILES string of the molecule is C[C@]12C[C@H](O)[C@@]3(F)[C@@H](C[C@H](F)C4=CC(=O)C=C[C@@]43C)[C@]1(C)C[C@H]1CN(c3ccc(Cl)cc3)O[C@]12C(=O)O. The molecule has 4 aliphatic carbocycles. The van der Waals surface area contributed by atoms with E-state index in [1.54, 1.807) is 36.3 Å². The van der Waals surface area contributed by atoms with Crippen molar-refractivity contribution in [2.24, 2.45) is 28.1 Å². The molecule has 6 rings (SSSR count). The van der Waals surface area contributed by atoms with E-state index >= 15 is 8.78 Å². The van der Waals surface area contributed by atoms with Crippen LogP contribution >= 0.6 is 11.6 Å². The number of nitrogens with zero attached hydrogens (tertiary/aromatic N) is 1. The van der Waals surface area contributed by atoms with Crippen molar-refractivity contribution < 1.29 is 33.4 Å². The van der Waals surface area contributed by atoms with Gasteiger partial charge in [-0.25, -0.2) is 13.6 Å². The van der Waals surface area contributed by atoms with Gasteiger partial charge in [-0.15, -0.1) is 0 Å². The summed E-state index contributed by atoms with van der Waals surface area (Å²) >= 11 is 6.02. The van der Waals surface area contributed by atoms with Crippen molar-refractivity contribution in [2.45, 2.75) is 63.6 Å². The molecule has 0 aromatic heterocycles. The van der Waals surface area contributed by atoms with E-state index in [0.29, 0.717) is 10.7 Å². The van der Waals surface area contributed by atoms with Gasteiger partial charge in [0.05, 0.1) is 18.3 Å². The summed E-state index contributed by atoms with van der Waals surface area (Å²) in [5.41, 5.74) is -7.11. The largest absolute Gasteiger partial charge is 0.479 e. The number of carboxylic acids is 1. The highest BCUT2D eigenvalue weighted by molar-refractivity contribution is 6.30. The van der Waals surface area contributed by atoms with Crippen LogP contribution in [0.25, 0.3) is 0 Å². The number of carbonyl (C=O) groups is 2. The second-order valence-electron chi connectivity index (χ2n) is 12.1. The minimum absolute atomic E-state index is 0.0429. The summed E-state index contributed by atoms with van der Waals surface area (Å²) in [7, 11) is 0. The number of aliphatic carboxylic acids is 1. The number of halogens is 3. The van der Waals surface area contributed by atoms with Crippen LogP contribution in [0.1, 0.15) is 40.0 Å². The van der Waals surface area contributed by atoms with Gasteiger partial charge >= 0.3 is 5.97 Å². The average Bonchev–Trinajstić information content (AvgIpc) is 3.30. The van der Waals surface area contributed by atoms with Gasteiger partial charge in [0.1, 0.15) is 6.17 Å². The molecule has 2 N–H and O–H groups in total. The number of carboxylic acid groups (broad SMARTS) is 1. The van der Waals surface area contributed by atoms with E-state index in [9.17, 15) is 19.8 Å². The first-order valence-corrected chi connectivity index (χ1v) is 13.0. The normalized spacial score (nSPS) is 48.1. The molecular formula is C28H30ClF2NO5. The number of aliphatic hydroxyl groups excluding tert-OH is 1. The zero-order valence-electron chi connectivity index (χ0n) is 20.9. The fourth-order valence-electron chi connectivity index (χ4n) is 8.83. The van der Waals surface area contributed by atoms with Crippen molar-refractivity contribution in [1.29, 1.82) is 0 Å². The highest BCUT2D eigenvalue weighted by atomic mass is 35.5. The Morgan fingerprint density at radius 2 is 1.86 bits per heavy atom.